The van der Waals surface area contributed by atoms with Crippen molar-refractivity contribution in [2.45, 2.75) is 16.6 Å². The van der Waals surface area contributed by atoms with Crippen molar-refractivity contribution >= 4 is 23.2 Å². The number of aromatic nitrogens is 2. The number of aliphatic imine (C=N–C) groups is 1. The quantitative estimate of drug-likeness (QED) is 0.652. The smallest absolute Gasteiger partial charge is 0.333 e. The number of para-hydroxylation sites is 1. The van der Waals surface area contributed by atoms with E-state index in [1.807, 2.05) is 42.5 Å². The molecular formula is C23H23N3O5S. The molecule has 0 radical (unpaired) electrons. The number of hydrogen-bond acceptors (Lipinski definition) is 7. The Hall–Kier alpha value is -3.46. The summed E-state index contributed by atoms with van der Waals surface area (Å²) in [6.45, 7) is 0. The number of thioether (sulfide) groups is 1. The van der Waals surface area contributed by atoms with E-state index in [1.54, 1.807) is 26.0 Å². The summed E-state index contributed by atoms with van der Waals surface area (Å²) in [4.78, 5) is 30.9. The van der Waals surface area contributed by atoms with Crippen molar-refractivity contribution in [2.24, 2.45) is 19.1 Å². The highest BCUT2D eigenvalue weighted by molar-refractivity contribution is 7.99. The van der Waals surface area contributed by atoms with Gasteiger partial charge in [0.15, 0.2) is 0 Å². The Bertz CT molecular complexity index is 1340. The van der Waals surface area contributed by atoms with Crippen molar-refractivity contribution in [3.8, 4) is 17.4 Å². The molecule has 1 aliphatic rings. The van der Waals surface area contributed by atoms with Crippen LogP contribution in [0.1, 0.15) is 22.8 Å². The van der Waals surface area contributed by atoms with Crippen molar-refractivity contribution in [1.82, 2.24) is 9.13 Å². The summed E-state index contributed by atoms with van der Waals surface area (Å²) in [5, 5.41) is 10.5. The molecule has 1 N–H and O–H groups in total. The first-order valence-corrected chi connectivity index (χ1v) is 10.8. The third kappa shape index (κ3) is 3.69. The van der Waals surface area contributed by atoms with Crippen LogP contribution in [0.4, 0.5) is 5.69 Å². The highest BCUT2D eigenvalue weighted by atomic mass is 32.2. The van der Waals surface area contributed by atoms with Crippen LogP contribution in [0.25, 0.3) is 0 Å². The molecule has 3 aromatic rings. The standard InChI is InChI=1S/C23H23N3O5S/c1-25-21(27)20(22(28)26(2)23(25)29)16-12-19(32-18-8-6-5-7-15(18)24-16)14-11-13(30-3)9-10-17(14)31-4/h5-11,19,27H,12H2,1-4H3/t19-/m1/s1. The molecule has 2 heterocycles. The van der Waals surface area contributed by atoms with E-state index in [9.17, 15) is 14.7 Å². The lowest BCUT2D eigenvalue weighted by atomic mass is 10.0. The minimum Gasteiger partial charge on any atom is -0.497 e. The Morgan fingerprint density at radius 2 is 1.81 bits per heavy atom. The number of ether oxygens (including phenoxy) is 2. The predicted molar refractivity (Wildman–Crippen MR) is 124 cm³/mol. The number of benzene rings is 2. The van der Waals surface area contributed by atoms with Gasteiger partial charge in [-0.05, 0) is 30.3 Å². The Balaban J connectivity index is 1.95. The molecule has 0 amide bonds. The summed E-state index contributed by atoms with van der Waals surface area (Å²) in [5.41, 5.74) is 0.774. The van der Waals surface area contributed by atoms with E-state index in [0.717, 1.165) is 19.6 Å². The van der Waals surface area contributed by atoms with Gasteiger partial charge in [0.05, 0.1) is 25.6 Å². The average molecular weight is 454 g/mol. The minimum absolute atomic E-state index is 0.0127. The van der Waals surface area contributed by atoms with Gasteiger partial charge in [-0.2, -0.15) is 0 Å². The van der Waals surface area contributed by atoms with Gasteiger partial charge < -0.3 is 14.6 Å². The average Bonchev–Trinajstić information content (AvgIpc) is 3.00. The Morgan fingerprint density at radius 1 is 1.06 bits per heavy atom. The predicted octanol–water partition coefficient (Wildman–Crippen LogP) is 3.16. The van der Waals surface area contributed by atoms with E-state index in [0.29, 0.717) is 29.3 Å². The maximum absolute atomic E-state index is 13.0. The molecule has 0 spiro atoms. The largest absolute Gasteiger partial charge is 0.497 e. The molecule has 9 heteroatoms. The van der Waals surface area contributed by atoms with Gasteiger partial charge in [0, 0.05) is 36.2 Å². The molecule has 1 atom stereocenters. The van der Waals surface area contributed by atoms with Gasteiger partial charge in [-0.25, -0.2) is 4.79 Å². The fraction of sp³-hybridized carbons (Fsp3) is 0.261. The zero-order valence-corrected chi connectivity index (χ0v) is 19.0. The number of methoxy groups -OCH3 is 2. The molecule has 4 rings (SSSR count). The minimum atomic E-state index is -0.605. The second-order valence-corrected chi connectivity index (χ2v) is 8.59. The fourth-order valence-corrected chi connectivity index (χ4v) is 4.97. The van der Waals surface area contributed by atoms with E-state index < -0.39 is 17.1 Å². The van der Waals surface area contributed by atoms with E-state index >= 15 is 0 Å². The summed E-state index contributed by atoms with van der Waals surface area (Å²) < 4.78 is 13.0. The molecule has 0 saturated heterocycles. The lowest BCUT2D eigenvalue weighted by Gasteiger charge is -2.20. The zero-order chi connectivity index (χ0) is 23.0. The van der Waals surface area contributed by atoms with Gasteiger partial charge >= 0.3 is 5.69 Å². The molecule has 32 heavy (non-hydrogen) atoms. The third-order valence-corrected chi connectivity index (χ3v) is 6.78. The summed E-state index contributed by atoms with van der Waals surface area (Å²) in [6, 6.07) is 13.2. The normalized spacial score (nSPS) is 15.5. The number of aromatic hydroxyl groups is 1. The van der Waals surface area contributed by atoms with E-state index in [-0.39, 0.29) is 10.8 Å². The zero-order valence-electron chi connectivity index (χ0n) is 18.2. The fourth-order valence-electron chi connectivity index (χ4n) is 3.72. The highest BCUT2D eigenvalue weighted by Crippen LogP contribution is 2.48. The lowest BCUT2D eigenvalue weighted by Crippen LogP contribution is -2.40. The molecule has 166 valence electrons. The number of nitrogens with zero attached hydrogens (tertiary/aromatic N) is 3. The molecule has 0 unspecified atom stereocenters. The Kier molecular flexibility index (Phi) is 5.84. The maximum Gasteiger partial charge on any atom is 0.333 e. The first-order chi connectivity index (χ1) is 15.3. The van der Waals surface area contributed by atoms with Gasteiger partial charge in [0.2, 0.25) is 5.88 Å². The van der Waals surface area contributed by atoms with E-state index in [4.69, 9.17) is 14.5 Å². The van der Waals surface area contributed by atoms with Crippen LogP contribution in [-0.4, -0.2) is 34.2 Å². The SMILES string of the molecule is COc1ccc(OC)c([C@H]2CC(c3c(O)n(C)c(=O)n(C)c3=O)=Nc3ccccc3S2)c1. The van der Waals surface area contributed by atoms with Crippen LogP contribution in [0.5, 0.6) is 17.4 Å². The number of fused-ring (bicyclic) bond motifs is 1. The molecular weight excluding hydrogens is 430 g/mol. The second-order valence-electron chi connectivity index (χ2n) is 7.35. The molecule has 1 aromatic heterocycles. The van der Waals surface area contributed by atoms with Gasteiger partial charge in [-0.3, -0.25) is 18.9 Å². The van der Waals surface area contributed by atoms with Crippen molar-refractivity contribution in [1.29, 1.82) is 0 Å². The van der Waals surface area contributed by atoms with Gasteiger partial charge in [-0.1, -0.05) is 12.1 Å². The number of rotatable bonds is 4. The summed E-state index contributed by atoms with van der Waals surface area (Å²) in [5.74, 6) is 0.954. The summed E-state index contributed by atoms with van der Waals surface area (Å²) >= 11 is 1.59. The van der Waals surface area contributed by atoms with Gasteiger partial charge in [0.1, 0.15) is 17.1 Å². The maximum atomic E-state index is 13.0. The number of hydrogen-bond donors (Lipinski definition) is 1. The van der Waals surface area contributed by atoms with E-state index in [1.165, 1.54) is 14.1 Å². The van der Waals surface area contributed by atoms with Crippen LogP contribution < -0.4 is 20.7 Å². The van der Waals surface area contributed by atoms with Crippen LogP contribution in [-0.2, 0) is 14.1 Å². The van der Waals surface area contributed by atoms with Crippen LogP contribution in [0.15, 0.2) is 61.9 Å². The molecule has 0 aliphatic carbocycles. The first-order valence-electron chi connectivity index (χ1n) is 9.90. The first kappa shape index (κ1) is 21.8. The van der Waals surface area contributed by atoms with E-state index in [2.05, 4.69) is 0 Å². The van der Waals surface area contributed by atoms with Crippen LogP contribution in [0, 0.1) is 0 Å². The third-order valence-electron chi connectivity index (χ3n) is 5.47. The van der Waals surface area contributed by atoms with Crippen LogP contribution in [0.2, 0.25) is 0 Å². The molecule has 0 saturated carbocycles. The van der Waals surface area contributed by atoms with Gasteiger partial charge in [0.25, 0.3) is 5.56 Å². The lowest BCUT2D eigenvalue weighted by molar-refractivity contribution is 0.398. The van der Waals surface area contributed by atoms with Crippen LogP contribution in [0.3, 0.4) is 0 Å². The molecule has 0 fully saturated rings. The summed E-state index contributed by atoms with van der Waals surface area (Å²) in [6.07, 6.45) is 0.323. The molecule has 0 bridgehead atoms. The molecule has 2 aromatic carbocycles. The highest BCUT2D eigenvalue weighted by Gasteiger charge is 2.29. The van der Waals surface area contributed by atoms with Crippen molar-refractivity contribution in [3.63, 3.8) is 0 Å². The van der Waals surface area contributed by atoms with Crippen molar-refractivity contribution < 1.29 is 14.6 Å². The molecule has 1 aliphatic heterocycles. The van der Waals surface area contributed by atoms with Crippen molar-refractivity contribution in [2.75, 3.05) is 14.2 Å². The Labute approximate surface area is 188 Å². The monoisotopic (exact) mass is 453 g/mol. The second kappa shape index (κ2) is 8.58. The van der Waals surface area contributed by atoms with Gasteiger partial charge in [-0.15, -0.1) is 11.8 Å². The summed E-state index contributed by atoms with van der Waals surface area (Å²) in [7, 11) is 6.00. The van der Waals surface area contributed by atoms with Crippen LogP contribution >= 0.6 is 11.8 Å². The van der Waals surface area contributed by atoms with Crippen molar-refractivity contribution in [3.05, 3.63) is 74.4 Å². The molecule has 8 nitrogen and oxygen atoms in total. The topological polar surface area (TPSA) is 95.0 Å². The Morgan fingerprint density at radius 3 is 2.53 bits per heavy atom.